The Morgan fingerprint density at radius 3 is 2.58 bits per heavy atom. The second-order valence-electron chi connectivity index (χ2n) is 3.65. The van der Waals surface area contributed by atoms with Gasteiger partial charge in [0, 0.05) is 19.4 Å². The van der Waals surface area contributed by atoms with Gasteiger partial charge in [-0.25, -0.2) is 4.79 Å². The zero-order valence-electron chi connectivity index (χ0n) is 10.6. The molecule has 19 heavy (non-hydrogen) atoms. The van der Waals surface area contributed by atoms with Gasteiger partial charge in [0.2, 0.25) is 6.29 Å². The summed E-state index contributed by atoms with van der Waals surface area (Å²) in [6, 6.07) is 6.52. The van der Waals surface area contributed by atoms with E-state index < -0.39 is 18.2 Å². The molecule has 0 aliphatic rings. The lowest BCUT2D eigenvalue weighted by Crippen LogP contribution is -2.21. The molecule has 6 heteroatoms. The van der Waals surface area contributed by atoms with Crippen LogP contribution in [-0.4, -0.2) is 24.7 Å². The first-order chi connectivity index (χ1) is 9.04. The Morgan fingerprint density at radius 2 is 1.95 bits per heavy atom. The normalized spacial score (nSPS) is 11.3. The van der Waals surface area contributed by atoms with E-state index in [-0.39, 0.29) is 12.2 Å². The van der Waals surface area contributed by atoms with Crippen LogP contribution < -0.4 is 0 Å². The van der Waals surface area contributed by atoms with Gasteiger partial charge in [-0.2, -0.15) is 0 Å². The lowest BCUT2D eigenvalue weighted by molar-refractivity contribution is -0.162. The van der Waals surface area contributed by atoms with Gasteiger partial charge in [0.05, 0.1) is 5.56 Å². The highest BCUT2D eigenvalue weighted by atomic mass is 16.7. The minimum absolute atomic E-state index is 0.0310. The van der Waals surface area contributed by atoms with Crippen LogP contribution in [0, 0.1) is 0 Å². The van der Waals surface area contributed by atoms with Gasteiger partial charge in [-0.3, -0.25) is 9.59 Å². The predicted octanol–water partition coefficient (Wildman–Crippen LogP) is 1.43. The number of carbonyl (C=O) groups excluding carboxylic acids is 3. The summed E-state index contributed by atoms with van der Waals surface area (Å²) in [6.45, 7) is 2.92. The molecule has 1 rings (SSSR count). The molecule has 102 valence electrons. The summed E-state index contributed by atoms with van der Waals surface area (Å²) in [5.41, 5.74) is 0.762. The number of esters is 2. The SMILES string of the molecule is CC(=O)OC(C)OC(=O)c1ccccc1COC=O. The Morgan fingerprint density at radius 1 is 1.26 bits per heavy atom. The molecule has 0 aliphatic carbocycles. The molecule has 0 amide bonds. The molecule has 1 aromatic carbocycles. The van der Waals surface area contributed by atoms with E-state index in [4.69, 9.17) is 9.47 Å². The minimum atomic E-state index is -0.981. The molecule has 0 spiro atoms. The first kappa shape index (κ1) is 14.7. The monoisotopic (exact) mass is 266 g/mol. The van der Waals surface area contributed by atoms with Gasteiger partial charge in [0.25, 0.3) is 6.47 Å². The summed E-state index contributed by atoms with van der Waals surface area (Å²) in [5, 5.41) is 0. The van der Waals surface area contributed by atoms with Crippen molar-refractivity contribution in [1.82, 2.24) is 0 Å². The molecule has 0 heterocycles. The van der Waals surface area contributed by atoms with Crippen LogP contribution in [0.3, 0.4) is 0 Å². The Labute approximate surface area is 110 Å². The zero-order valence-corrected chi connectivity index (χ0v) is 10.6. The first-order valence-corrected chi connectivity index (χ1v) is 5.56. The van der Waals surface area contributed by atoms with Crippen molar-refractivity contribution in [3.05, 3.63) is 35.4 Å². The Bertz CT molecular complexity index is 468. The summed E-state index contributed by atoms with van der Waals surface area (Å²) in [6.07, 6.45) is -0.981. The van der Waals surface area contributed by atoms with Gasteiger partial charge in [0.1, 0.15) is 6.61 Å². The van der Waals surface area contributed by atoms with E-state index in [1.807, 2.05) is 0 Å². The number of hydrogen-bond acceptors (Lipinski definition) is 6. The molecule has 0 saturated heterocycles. The van der Waals surface area contributed by atoms with Crippen molar-refractivity contribution in [2.24, 2.45) is 0 Å². The summed E-state index contributed by atoms with van der Waals surface area (Å²) in [4.78, 5) is 32.7. The fraction of sp³-hybridized carbons (Fsp3) is 0.308. The first-order valence-electron chi connectivity index (χ1n) is 5.56. The molecule has 0 bridgehead atoms. The summed E-state index contributed by atoms with van der Waals surface area (Å²) < 4.78 is 14.2. The third kappa shape index (κ3) is 4.79. The molecule has 0 aromatic heterocycles. The maximum absolute atomic E-state index is 11.9. The van der Waals surface area contributed by atoms with Crippen molar-refractivity contribution in [1.29, 1.82) is 0 Å². The molecule has 0 N–H and O–H groups in total. The number of hydrogen-bond donors (Lipinski definition) is 0. The fourth-order valence-electron chi connectivity index (χ4n) is 1.44. The summed E-state index contributed by atoms with van der Waals surface area (Å²) in [5.74, 6) is -1.20. The number of benzene rings is 1. The van der Waals surface area contributed by atoms with E-state index in [0.717, 1.165) is 0 Å². The van der Waals surface area contributed by atoms with Crippen molar-refractivity contribution < 1.29 is 28.6 Å². The highest BCUT2D eigenvalue weighted by Crippen LogP contribution is 2.12. The van der Waals surface area contributed by atoms with Gasteiger partial charge < -0.3 is 14.2 Å². The standard InChI is InChI=1S/C13H14O6/c1-9(15)18-10(2)19-13(16)12-6-4-3-5-11(12)7-17-8-14/h3-6,8,10H,7H2,1-2H3. The van der Waals surface area contributed by atoms with Crippen LogP contribution >= 0.6 is 0 Å². The van der Waals surface area contributed by atoms with E-state index in [9.17, 15) is 14.4 Å². The molecule has 0 radical (unpaired) electrons. The molecule has 1 aromatic rings. The number of carbonyl (C=O) groups is 3. The van der Waals surface area contributed by atoms with E-state index in [1.165, 1.54) is 19.9 Å². The number of ether oxygens (including phenoxy) is 3. The third-order valence-corrected chi connectivity index (χ3v) is 2.15. The van der Waals surface area contributed by atoms with Crippen molar-refractivity contribution in [2.75, 3.05) is 0 Å². The third-order valence-electron chi connectivity index (χ3n) is 2.15. The fourth-order valence-corrected chi connectivity index (χ4v) is 1.44. The topological polar surface area (TPSA) is 78.9 Å². The zero-order chi connectivity index (χ0) is 14.3. The van der Waals surface area contributed by atoms with Crippen LogP contribution in [0.15, 0.2) is 24.3 Å². The molecular formula is C13H14O6. The van der Waals surface area contributed by atoms with Crippen LogP contribution in [0.4, 0.5) is 0 Å². The Balaban J connectivity index is 2.75. The second-order valence-corrected chi connectivity index (χ2v) is 3.65. The van der Waals surface area contributed by atoms with Crippen molar-refractivity contribution >= 4 is 18.4 Å². The molecule has 0 saturated carbocycles. The molecule has 1 atom stereocenters. The maximum atomic E-state index is 11.9. The largest absolute Gasteiger partial charge is 0.463 e. The van der Waals surface area contributed by atoms with Crippen LogP contribution in [0.5, 0.6) is 0 Å². The molecule has 0 aliphatic heterocycles. The smallest absolute Gasteiger partial charge is 0.341 e. The van der Waals surface area contributed by atoms with E-state index in [0.29, 0.717) is 12.0 Å². The van der Waals surface area contributed by atoms with Crippen LogP contribution in [-0.2, 0) is 30.4 Å². The minimum Gasteiger partial charge on any atom is -0.463 e. The molecular weight excluding hydrogens is 252 g/mol. The molecule has 0 fully saturated rings. The quantitative estimate of drug-likeness (QED) is 0.440. The molecule has 1 unspecified atom stereocenters. The van der Waals surface area contributed by atoms with Crippen LogP contribution in [0.2, 0.25) is 0 Å². The van der Waals surface area contributed by atoms with Crippen molar-refractivity contribution in [3.8, 4) is 0 Å². The van der Waals surface area contributed by atoms with Gasteiger partial charge in [0.15, 0.2) is 0 Å². The van der Waals surface area contributed by atoms with Gasteiger partial charge in [-0.1, -0.05) is 18.2 Å². The molecule has 6 nitrogen and oxygen atoms in total. The van der Waals surface area contributed by atoms with Crippen molar-refractivity contribution in [3.63, 3.8) is 0 Å². The van der Waals surface area contributed by atoms with Gasteiger partial charge in [-0.15, -0.1) is 0 Å². The lowest BCUT2D eigenvalue weighted by Gasteiger charge is -2.14. The van der Waals surface area contributed by atoms with Crippen LogP contribution in [0.1, 0.15) is 29.8 Å². The average Bonchev–Trinajstić information content (AvgIpc) is 2.35. The summed E-state index contributed by atoms with van der Waals surface area (Å²) >= 11 is 0. The highest BCUT2D eigenvalue weighted by Gasteiger charge is 2.17. The van der Waals surface area contributed by atoms with E-state index >= 15 is 0 Å². The van der Waals surface area contributed by atoms with E-state index in [2.05, 4.69) is 4.74 Å². The number of rotatable bonds is 6. The Kier molecular flexibility index (Phi) is 5.53. The predicted molar refractivity (Wildman–Crippen MR) is 63.9 cm³/mol. The van der Waals surface area contributed by atoms with Crippen molar-refractivity contribution in [2.45, 2.75) is 26.7 Å². The maximum Gasteiger partial charge on any atom is 0.341 e. The van der Waals surface area contributed by atoms with Crippen LogP contribution in [0.25, 0.3) is 0 Å². The highest BCUT2D eigenvalue weighted by molar-refractivity contribution is 5.91. The lowest BCUT2D eigenvalue weighted by atomic mass is 10.1. The van der Waals surface area contributed by atoms with Gasteiger partial charge in [-0.05, 0) is 6.07 Å². The van der Waals surface area contributed by atoms with Gasteiger partial charge >= 0.3 is 11.9 Å². The average molecular weight is 266 g/mol. The van der Waals surface area contributed by atoms with E-state index in [1.54, 1.807) is 18.2 Å². The Hall–Kier alpha value is -2.37. The second kappa shape index (κ2) is 7.15. The summed E-state index contributed by atoms with van der Waals surface area (Å²) in [7, 11) is 0.